The summed E-state index contributed by atoms with van der Waals surface area (Å²) in [4.78, 5) is 8.40. The highest BCUT2D eigenvalue weighted by atomic mass is 15.2. The SMILES string of the molecule is CCC(C)NC(=NC)NCc1cccc(-c2ncn[nH]2)c1. The van der Waals surface area contributed by atoms with E-state index in [2.05, 4.69) is 56.8 Å². The number of nitrogens with zero attached hydrogens (tertiary/aromatic N) is 3. The Labute approximate surface area is 125 Å². The van der Waals surface area contributed by atoms with E-state index in [-0.39, 0.29) is 0 Å². The molecule has 0 bridgehead atoms. The first-order valence-corrected chi connectivity index (χ1v) is 7.14. The van der Waals surface area contributed by atoms with Crippen molar-refractivity contribution in [3.63, 3.8) is 0 Å². The number of hydrogen-bond acceptors (Lipinski definition) is 3. The number of aromatic amines is 1. The maximum atomic E-state index is 4.23. The van der Waals surface area contributed by atoms with Gasteiger partial charge < -0.3 is 10.6 Å². The molecule has 2 rings (SSSR count). The van der Waals surface area contributed by atoms with Crippen molar-refractivity contribution >= 4 is 5.96 Å². The molecule has 0 fully saturated rings. The lowest BCUT2D eigenvalue weighted by atomic mass is 10.1. The molecule has 1 atom stereocenters. The zero-order valence-corrected chi connectivity index (χ0v) is 12.7. The van der Waals surface area contributed by atoms with E-state index in [9.17, 15) is 0 Å². The molecule has 6 nitrogen and oxygen atoms in total. The van der Waals surface area contributed by atoms with Gasteiger partial charge in [0.15, 0.2) is 11.8 Å². The maximum Gasteiger partial charge on any atom is 0.191 e. The van der Waals surface area contributed by atoms with E-state index in [1.807, 2.05) is 12.1 Å². The lowest BCUT2D eigenvalue weighted by Gasteiger charge is -2.16. The zero-order valence-electron chi connectivity index (χ0n) is 12.7. The molecule has 1 heterocycles. The molecule has 1 unspecified atom stereocenters. The Balaban J connectivity index is 1.98. The fourth-order valence-corrected chi connectivity index (χ4v) is 1.89. The van der Waals surface area contributed by atoms with Gasteiger partial charge in [-0.15, -0.1) is 0 Å². The molecule has 112 valence electrons. The number of guanidine groups is 1. The summed E-state index contributed by atoms with van der Waals surface area (Å²) in [5.74, 6) is 1.59. The van der Waals surface area contributed by atoms with Gasteiger partial charge in [-0.25, -0.2) is 4.98 Å². The fourth-order valence-electron chi connectivity index (χ4n) is 1.89. The van der Waals surface area contributed by atoms with E-state index >= 15 is 0 Å². The van der Waals surface area contributed by atoms with Crippen molar-refractivity contribution in [2.24, 2.45) is 4.99 Å². The predicted molar refractivity (Wildman–Crippen MR) is 84.9 cm³/mol. The van der Waals surface area contributed by atoms with Gasteiger partial charge in [-0.3, -0.25) is 10.1 Å². The zero-order chi connectivity index (χ0) is 15.1. The highest BCUT2D eigenvalue weighted by molar-refractivity contribution is 5.79. The molecule has 21 heavy (non-hydrogen) atoms. The second-order valence-corrected chi connectivity index (χ2v) is 4.91. The van der Waals surface area contributed by atoms with E-state index in [0.29, 0.717) is 12.6 Å². The third-order valence-electron chi connectivity index (χ3n) is 3.29. The van der Waals surface area contributed by atoms with Gasteiger partial charge in [0.05, 0.1) is 0 Å². The van der Waals surface area contributed by atoms with Crippen molar-refractivity contribution in [2.45, 2.75) is 32.9 Å². The summed E-state index contributed by atoms with van der Waals surface area (Å²) in [5.41, 5.74) is 2.19. The molecule has 2 aromatic rings. The van der Waals surface area contributed by atoms with Crippen LogP contribution in [0, 0.1) is 0 Å². The second kappa shape index (κ2) is 7.42. The molecule has 6 heteroatoms. The number of benzene rings is 1. The Hall–Kier alpha value is -2.37. The Bertz CT molecular complexity index is 576. The van der Waals surface area contributed by atoms with Crippen LogP contribution in [0.2, 0.25) is 0 Å². The van der Waals surface area contributed by atoms with Gasteiger partial charge in [0, 0.05) is 25.2 Å². The average Bonchev–Trinajstić information content (AvgIpc) is 3.05. The molecule has 0 amide bonds. The molecule has 0 saturated carbocycles. The molecule has 1 aromatic heterocycles. The first kappa shape index (κ1) is 15.0. The maximum absolute atomic E-state index is 4.23. The van der Waals surface area contributed by atoms with E-state index in [1.165, 1.54) is 6.33 Å². The van der Waals surface area contributed by atoms with Crippen LogP contribution in [0.4, 0.5) is 0 Å². The van der Waals surface area contributed by atoms with E-state index in [4.69, 9.17) is 0 Å². The minimum atomic E-state index is 0.400. The minimum Gasteiger partial charge on any atom is -0.354 e. The van der Waals surface area contributed by atoms with Crippen molar-refractivity contribution in [1.82, 2.24) is 25.8 Å². The van der Waals surface area contributed by atoms with Crippen LogP contribution >= 0.6 is 0 Å². The van der Waals surface area contributed by atoms with Crippen molar-refractivity contribution in [1.29, 1.82) is 0 Å². The molecule has 0 saturated heterocycles. The topological polar surface area (TPSA) is 78.0 Å². The van der Waals surface area contributed by atoms with Crippen LogP contribution < -0.4 is 10.6 Å². The summed E-state index contributed by atoms with van der Waals surface area (Å²) in [6, 6.07) is 8.58. The highest BCUT2D eigenvalue weighted by Gasteiger charge is 2.04. The lowest BCUT2D eigenvalue weighted by Crippen LogP contribution is -2.41. The number of hydrogen-bond donors (Lipinski definition) is 3. The van der Waals surface area contributed by atoms with Crippen LogP contribution in [0.1, 0.15) is 25.8 Å². The summed E-state index contributed by atoms with van der Waals surface area (Å²) in [6.45, 7) is 4.99. The number of rotatable bonds is 5. The Kier molecular flexibility index (Phi) is 5.31. The smallest absolute Gasteiger partial charge is 0.191 e. The summed E-state index contributed by atoms with van der Waals surface area (Å²) < 4.78 is 0. The number of aromatic nitrogens is 3. The van der Waals surface area contributed by atoms with E-state index in [0.717, 1.165) is 29.3 Å². The molecule has 0 radical (unpaired) electrons. The summed E-state index contributed by atoms with van der Waals surface area (Å²) in [6.07, 6.45) is 2.57. The van der Waals surface area contributed by atoms with Gasteiger partial charge in [0.1, 0.15) is 6.33 Å². The largest absolute Gasteiger partial charge is 0.354 e. The predicted octanol–water partition coefficient (Wildman–Crippen LogP) is 1.94. The van der Waals surface area contributed by atoms with E-state index in [1.54, 1.807) is 7.05 Å². The van der Waals surface area contributed by atoms with Crippen LogP contribution in [-0.2, 0) is 6.54 Å². The first-order valence-electron chi connectivity index (χ1n) is 7.14. The first-order chi connectivity index (χ1) is 10.2. The Morgan fingerprint density at radius 1 is 1.43 bits per heavy atom. The summed E-state index contributed by atoms with van der Waals surface area (Å²) in [5, 5.41) is 13.4. The molecule has 0 aliphatic rings. The van der Waals surface area contributed by atoms with Crippen LogP contribution in [0.5, 0.6) is 0 Å². The number of H-pyrrole nitrogens is 1. The van der Waals surface area contributed by atoms with Crippen LogP contribution in [0.15, 0.2) is 35.6 Å². The van der Waals surface area contributed by atoms with Gasteiger partial charge >= 0.3 is 0 Å². The van der Waals surface area contributed by atoms with E-state index < -0.39 is 0 Å². The van der Waals surface area contributed by atoms with Crippen LogP contribution in [0.25, 0.3) is 11.4 Å². The van der Waals surface area contributed by atoms with Gasteiger partial charge in [0.25, 0.3) is 0 Å². The Morgan fingerprint density at radius 2 is 2.29 bits per heavy atom. The molecule has 0 spiro atoms. The van der Waals surface area contributed by atoms with Gasteiger partial charge in [-0.1, -0.05) is 25.1 Å². The molecule has 1 aromatic carbocycles. The van der Waals surface area contributed by atoms with Crippen LogP contribution in [-0.4, -0.2) is 34.2 Å². The molecule has 0 aliphatic heterocycles. The normalized spacial score (nSPS) is 13.0. The summed E-state index contributed by atoms with van der Waals surface area (Å²) in [7, 11) is 1.78. The molecular formula is C15H22N6. The number of nitrogens with one attached hydrogen (secondary N) is 3. The van der Waals surface area contributed by atoms with Gasteiger partial charge in [-0.05, 0) is 25.0 Å². The monoisotopic (exact) mass is 286 g/mol. The Morgan fingerprint density at radius 3 is 2.95 bits per heavy atom. The number of aliphatic imine (C=N–C) groups is 1. The molecule has 0 aliphatic carbocycles. The molecule has 3 N–H and O–H groups in total. The van der Waals surface area contributed by atoms with Crippen molar-refractivity contribution in [3.8, 4) is 11.4 Å². The van der Waals surface area contributed by atoms with Crippen LogP contribution in [0.3, 0.4) is 0 Å². The van der Waals surface area contributed by atoms with Gasteiger partial charge in [-0.2, -0.15) is 5.10 Å². The van der Waals surface area contributed by atoms with Gasteiger partial charge in [0.2, 0.25) is 0 Å². The fraction of sp³-hybridized carbons (Fsp3) is 0.400. The lowest BCUT2D eigenvalue weighted by molar-refractivity contribution is 0.624. The second-order valence-electron chi connectivity index (χ2n) is 4.91. The van der Waals surface area contributed by atoms with Crippen molar-refractivity contribution < 1.29 is 0 Å². The molecular weight excluding hydrogens is 264 g/mol. The quantitative estimate of drug-likeness (QED) is 0.580. The van der Waals surface area contributed by atoms with Crippen molar-refractivity contribution in [2.75, 3.05) is 7.05 Å². The average molecular weight is 286 g/mol. The summed E-state index contributed by atoms with van der Waals surface area (Å²) >= 11 is 0. The highest BCUT2D eigenvalue weighted by Crippen LogP contribution is 2.15. The standard InChI is InChI=1S/C15H22N6/c1-4-11(2)20-15(16-3)17-9-12-6-5-7-13(8-12)14-18-10-19-21-14/h5-8,10-11H,4,9H2,1-3H3,(H2,16,17,20)(H,18,19,21). The third-order valence-corrected chi connectivity index (χ3v) is 3.29. The third kappa shape index (κ3) is 4.30. The minimum absolute atomic E-state index is 0.400. The van der Waals surface area contributed by atoms with Crippen molar-refractivity contribution in [3.05, 3.63) is 36.2 Å².